The summed E-state index contributed by atoms with van der Waals surface area (Å²) in [6.07, 6.45) is 0. The second kappa shape index (κ2) is 6.52. The maximum Gasteiger partial charge on any atom is 0.144 e. The van der Waals surface area contributed by atoms with Crippen LogP contribution in [0.15, 0.2) is 72.8 Å². The number of imidazole rings is 1. The molecule has 1 N–H and O–H groups in total. The van der Waals surface area contributed by atoms with Crippen molar-refractivity contribution < 1.29 is 13.2 Å². The maximum atomic E-state index is 14.2. The molecule has 0 aliphatic carbocycles. The number of aromatic nitrogens is 2. The number of nitrogens with zero attached hydrogens (tertiary/aromatic N) is 1. The average molecular weight is 350 g/mol. The molecule has 0 fully saturated rings. The van der Waals surface area contributed by atoms with Crippen molar-refractivity contribution in [2.24, 2.45) is 0 Å². The molecule has 5 heteroatoms. The smallest absolute Gasteiger partial charge is 0.144 e. The zero-order chi connectivity index (χ0) is 18.1. The van der Waals surface area contributed by atoms with Gasteiger partial charge < -0.3 is 4.98 Å². The molecule has 0 saturated carbocycles. The van der Waals surface area contributed by atoms with Crippen LogP contribution in [0.3, 0.4) is 0 Å². The summed E-state index contributed by atoms with van der Waals surface area (Å²) < 4.78 is 41.6. The van der Waals surface area contributed by atoms with Crippen molar-refractivity contribution in [3.8, 4) is 33.9 Å². The van der Waals surface area contributed by atoms with Crippen molar-refractivity contribution in [3.63, 3.8) is 0 Å². The van der Waals surface area contributed by atoms with E-state index in [-0.39, 0.29) is 11.4 Å². The first-order chi connectivity index (χ1) is 12.6. The van der Waals surface area contributed by atoms with E-state index >= 15 is 0 Å². The summed E-state index contributed by atoms with van der Waals surface area (Å²) in [5.74, 6) is -2.97. The Kier molecular flexibility index (Phi) is 4.05. The Labute approximate surface area is 148 Å². The third-order valence-electron chi connectivity index (χ3n) is 4.06. The van der Waals surface area contributed by atoms with Gasteiger partial charge in [-0.05, 0) is 0 Å². The van der Waals surface area contributed by atoms with Crippen LogP contribution < -0.4 is 0 Å². The molecule has 0 saturated heterocycles. The van der Waals surface area contributed by atoms with Crippen LogP contribution in [0, 0.1) is 17.5 Å². The number of nitrogens with one attached hydrogen (secondary N) is 1. The van der Waals surface area contributed by atoms with Gasteiger partial charge in [0.15, 0.2) is 0 Å². The molecule has 0 radical (unpaired) electrons. The molecule has 0 amide bonds. The molecule has 128 valence electrons. The lowest BCUT2D eigenvalue weighted by Gasteiger charge is -2.02. The summed E-state index contributed by atoms with van der Waals surface area (Å²) in [4.78, 5) is 7.42. The lowest BCUT2D eigenvalue weighted by Crippen LogP contribution is -1.94. The summed E-state index contributed by atoms with van der Waals surface area (Å²) in [5, 5.41) is 0. The Bertz CT molecular complexity index is 977. The fourth-order valence-electron chi connectivity index (χ4n) is 2.88. The summed E-state index contributed by atoms with van der Waals surface area (Å²) in [6.45, 7) is 0. The molecule has 0 aliphatic rings. The second-order valence-electron chi connectivity index (χ2n) is 5.79. The molecule has 3 aromatic carbocycles. The van der Waals surface area contributed by atoms with Crippen LogP contribution in [0.2, 0.25) is 0 Å². The van der Waals surface area contributed by atoms with Crippen molar-refractivity contribution in [1.82, 2.24) is 9.97 Å². The first kappa shape index (κ1) is 16.1. The maximum absolute atomic E-state index is 14.2. The van der Waals surface area contributed by atoms with E-state index in [1.165, 1.54) is 0 Å². The van der Waals surface area contributed by atoms with Crippen LogP contribution in [0.4, 0.5) is 13.2 Å². The highest BCUT2D eigenvalue weighted by Gasteiger charge is 2.20. The molecular weight excluding hydrogens is 337 g/mol. The van der Waals surface area contributed by atoms with Gasteiger partial charge >= 0.3 is 0 Å². The van der Waals surface area contributed by atoms with Crippen molar-refractivity contribution >= 4 is 0 Å². The normalized spacial score (nSPS) is 10.9. The third kappa shape index (κ3) is 2.88. The van der Waals surface area contributed by atoms with Gasteiger partial charge in [-0.2, -0.15) is 0 Å². The summed E-state index contributed by atoms with van der Waals surface area (Å²) in [5.41, 5.74) is 2.44. The molecule has 0 spiro atoms. The second-order valence-corrected chi connectivity index (χ2v) is 5.79. The van der Waals surface area contributed by atoms with Crippen LogP contribution in [-0.2, 0) is 0 Å². The third-order valence-corrected chi connectivity index (χ3v) is 4.06. The van der Waals surface area contributed by atoms with Gasteiger partial charge in [-0.1, -0.05) is 60.7 Å². The number of hydrogen-bond acceptors (Lipinski definition) is 1. The van der Waals surface area contributed by atoms with Crippen molar-refractivity contribution in [2.75, 3.05) is 0 Å². The standard InChI is InChI=1S/C21H13F3N2/c22-15-11-16(23)18(17(24)12-15)21-25-19(13-7-3-1-4-8-13)20(26-21)14-9-5-2-6-10-14/h1-12H,(H,25,26). The number of benzene rings is 3. The van der Waals surface area contributed by atoms with E-state index in [0.29, 0.717) is 23.5 Å². The summed E-state index contributed by atoms with van der Waals surface area (Å²) >= 11 is 0. The first-order valence-electron chi connectivity index (χ1n) is 7.99. The summed E-state index contributed by atoms with van der Waals surface area (Å²) in [6, 6.07) is 20.0. The van der Waals surface area contributed by atoms with Gasteiger partial charge in [0.1, 0.15) is 23.3 Å². The molecule has 0 unspecified atom stereocenters. The van der Waals surface area contributed by atoms with Gasteiger partial charge in [0.25, 0.3) is 0 Å². The number of hydrogen-bond donors (Lipinski definition) is 1. The van der Waals surface area contributed by atoms with E-state index in [2.05, 4.69) is 9.97 Å². The van der Waals surface area contributed by atoms with E-state index in [4.69, 9.17) is 0 Å². The summed E-state index contributed by atoms with van der Waals surface area (Å²) in [7, 11) is 0. The zero-order valence-corrected chi connectivity index (χ0v) is 13.5. The van der Waals surface area contributed by atoms with E-state index in [1.807, 2.05) is 60.7 Å². The highest BCUT2D eigenvalue weighted by atomic mass is 19.1. The van der Waals surface area contributed by atoms with E-state index in [1.54, 1.807) is 0 Å². The molecule has 0 aliphatic heterocycles. The van der Waals surface area contributed by atoms with Crippen LogP contribution in [0.5, 0.6) is 0 Å². The van der Waals surface area contributed by atoms with Gasteiger partial charge in [0.2, 0.25) is 0 Å². The van der Waals surface area contributed by atoms with Crippen molar-refractivity contribution in [2.45, 2.75) is 0 Å². The van der Waals surface area contributed by atoms with Crippen LogP contribution in [0.1, 0.15) is 0 Å². The van der Waals surface area contributed by atoms with E-state index in [9.17, 15) is 13.2 Å². The number of rotatable bonds is 3. The van der Waals surface area contributed by atoms with Gasteiger partial charge in [0, 0.05) is 23.3 Å². The number of aromatic amines is 1. The minimum absolute atomic E-state index is 0.0118. The Morgan fingerprint density at radius 3 is 1.81 bits per heavy atom. The first-order valence-corrected chi connectivity index (χ1v) is 7.99. The fraction of sp³-hybridized carbons (Fsp3) is 0. The molecule has 0 atom stereocenters. The molecule has 26 heavy (non-hydrogen) atoms. The Morgan fingerprint density at radius 2 is 1.23 bits per heavy atom. The quantitative estimate of drug-likeness (QED) is 0.495. The zero-order valence-electron chi connectivity index (χ0n) is 13.5. The molecule has 0 bridgehead atoms. The van der Waals surface area contributed by atoms with Gasteiger partial charge in [-0.3, -0.25) is 0 Å². The molecule has 4 aromatic rings. The largest absolute Gasteiger partial charge is 0.337 e. The predicted octanol–water partition coefficient (Wildman–Crippen LogP) is 5.83. The van der Waals surface area contributed by atoms with Crippen LogP contribution in [0.25, 0.3) is 33.9 Å². The Morgan fingerprint density at radius 1 is 0.692 bits per heavy atom. The lowest BCUT2D eigenvalue weighted by atomic mass is 10.1. The van der Waals surface area contributed by atoms with E-state index in [0.717, 1.165) is 11.1 Å². The number of halogens is 3. The Balaban J connectivity index is 1.96. The molecular formula is C21H13F3N2. The molecule has 1 aromatic heterocycles. The van der Waals surface area contributed by atoms with Gasteiger partial charge in [-0.25, -0.2) is 18.2 Å². The van der Waals surface area contributed by atoms with Gasteiger partial charge in [-0.15, -0.1) is 0 Å². The fourth-order valence-corrected chi connectivity index (χ4v) is 2.88. The number of H-pyrrole nitrogens is 1. The highest BCUT2D eigenvalue weighted by molar-refractivity contribution is 5.81. The monoisotopic (exact) mass is 350 g/mol. The molecule has 2 nitrogen and oxygen atoms in total. The minimum Gasteiger partial charge on any atom is -0.337 e. The topological polar surface area (TPSA) is 28.7 Å². The van der Waals surface area contributed by atoms with Crippen LogP contribution >= 0.6 is 0 Å². The SMILES string of the molecule is Fc1cc(F)c(-c2nc(-c3ccccc3)c(-c3ccccc3)[nH]2)c(F)c1. The van der Waals surface area contributed by atoms with Crippen LogP contribution in [-0.4, -0.2) is 9.97 Å². The minimum atomic E-state index is -1.00. The van der Waals surface area contributed by atoms with Crippen molar-refractivity contribution in [1.29, 1.82) is 0 Å². The van der Waals surface area contributed by atoms with Crippen molar-refractivity contribution in [3.05, 3.63) is 90.2 Å². The van der Waals surface area contributed by atoms with Gasteiger partial charge in [0.05, 0.1) is 17.0 Å². The highest BCUT2D eigenvalue weighted by Crippen LogP contribution is 2.34. The average Bonchev–Trinajstić information content (AvgIpc) is 3.07. The lowest BCUT2D eigenvalue weighted by molar-refractivity contribution is 0.547. The van der Waals surface area contributed by atoms with E-state index < -0.39 is 17.5 Å². The predicted molar refractivity (Wildman–Crippen MR) is 94.8 cm³/mol. The molecule has 4 rings (SSSR count). The molecule has 1 heterocycles. The Hall–Kier alpha value is -3.34.